The van der Waals surface area contributed by atoms with Crippen molar-refractivity contribution in [3.05, 3.63) is 0 Å². The summed E-state index contributed by atoms with van der Waals surface area (Å²) in [6.45, 7) is 5.17. The monoisotopic (exact) mass is 282 g/mol. The molecule has 2 nitrogen and oxygen atoms in total. The van der Waals surface area contributed by atoms with Crippen molar-refractivity contribution in [3.63, 3.8) is 0 Å². The second kappa shape index (κ2) is 6.82. The smallest absolute Gasteiger partial charge is 0.0161 e. The molecule has 0 amide bonds. The van der Waals surface area contributed by atoms with Crippen LogP contribution >= 0.6 is 11.8 Å². The van der Waals surface area contributed by atoms with Crippen LogP contribution in [0.3, 0.4) is 0 Å². The number of rotatable bonds is 4. The van der Waals surface area contributed by atoms with Crippen molar-refractivity contribution in [1.82, 2.24) is 10.2 Å². The van der Waals surface area contributed by atoms with Crippen molar-refractivity contribution in [3.8, 4) is 0 Å². The van der Waals surface area contributed by atoms with Crippen LogP contribution in [0, 0.1) is 5.92 Å². The zero-order chi connectivity index (χ0) is 13.1. The first-order valence-corrected chi connectivity index (χ1v) is 9.56. The molecule has 2 aliphatic heterocycles. The molecule has 110 valence electrons. The van der Waals surface area contributed by atoms with Crippen LogP contribution in [0.2, 0.25) is 0 Å². The van der Waals surface area contributed by atoms with Gasteiger partial charge in [-0.05, 0) is 63.7 Å². The van der Waals surface area contributed by atoms with Gasteiger partial charge in [0.15, 0.2) is 0 Å². The SMILES string of the molecule is C[C@H](N[C@@H]1CCCSC1)[C@H]1CCCN(C2CCC2)C1. The first kappa shape index (κ1) is 14.2. The number of hydrogen-bond donors (Lipinski definition) is 1. The zero-order valence-corrected chi connectivity index (χ0v) is 13.3. The van der Waals surface area contributed by atoms with Crippen molar-refractivity contribution < 1.29 is 0 Å². The predicted molar refractivity (Wildman–Crippen MR) is 84.9 cm³/mol. The summed E-state index contributed by atoms with van der Waals surface area (Å²) < 4.78 is 0. The molecule has 2 saturated heterocycles. The molecule has 0 unspecified atom stereocenters. The maximum absolute atomic E-state index is 3.94. The van der Waals surface area contributed by atoms with E-state index >= 15 is 0 Å². The van der Waals surface area contributed by atoms with Crippen LogP contribution in [0.15, 0.2) is 0 Å². The second-order valence-corrected chi connectivity index (χ2v) is 8.00. The summed E-state index contributed by atoms with van der Waals surface area (Å²) in [5, 5.41) is 3.94. The van der Waals surface area contributed by atoms with Gasteiger partial charge >= 0.3 is 0 Å². The highest BCUT2D eigenvalue weighted by Gasteiger charge is 2.32. The largest absolute Gasteiger partial charge is 0.310 e. The summed E-state index contributed by atoms with van der Waals surface area (Å²) in [6.07, 6.45) is 10.1. The van der Waals surface area contributed by atoms with Gasteiger partial charge in [-0.3, -0.25) is 0 Å². The van der Waals surface area contributed by atoms with Crippen molar-refractivity contribution in [2.45, 2.75) is 70.0 Å². The van der Waals surface area contributed by atoms with E-state index in [2.05, 4.69) is 28.9 Å². The molecular formula is C16H30N2S. The van der Waals surface area contributed by atoms with Crippen molar-refractivity contribution in [2.75, 3.05) is 24.6 Å². The van der Waals surface area contributed by atoms with Crippen LogP contribution in [0.1, 0.15) is 51.9 Å². The van der Waals surface area contributed by atoms with Crippen LogP contribution in [0.5, 0.6) is 0 Å². The Morgan fingerprint density at radius 1 is 1.11 bits per heavy atom. The van der Waals surface area contributed by atoms with E-state index in [1.807, 2.05) is 0 Å². The van der Waals surface area contributed by atoms with Crippen LogP contribution in [-0.2, 0) is 0 Å². The molecular weight excluding hydrogens is 252 g/mol. The molecule has 1 aliphatic carbocycles. The number of thioether (sulfide) groups is 1. The summed E-state index contributed by atoms with van der Waals surface area (Å²) in [5.41, 5.74) is 0. The van der Waals surface area contributed by atoms with Gasteiger partial charge in [0.25, 0.3) is 0 Å². The summed E-state index contributed by atoms with van der Waals surface area (Å²) in [6, 6.07) is 2.44. The number of likely N-dealkylation sites (tertiary alicyclic amines) is 1. The van der Waals surface area contributed by atoms with E-state index in [1.165, 1.54) is 69.5 Å². The maximum Gasteiger partial charge on any atom is 0.0161 e. The third-order valence-electron chi connectivity index (χ3n) is 5.45. The number of hydrogen-bond acceptors (Lipinski definition) is 3. The minimum absolute atomic E-state index is 0.714. The lowest BCUT2D eigenvalue weighted by atomic mass is 9.85. The van der Waals surface area contributed by atoms with Gasteiger partial charge in [-0.15, -0.1) is 0 Å². The molecule has 3 atom stereocenters. The van der Waals surface area contributed by atoms with E-state index in [-0.39, 0.29) is 0 Å². The minimum Gasteiger partial charge on any atom is -0.310 e. The topological polar surface area (TPSA) is 15.3 Å². The molecule has 19 heavy (non-hydrogen) atoms. The van der Waals surface area contributed by atoms with Crippen molar-refractivity contribution in [1.29, 1.82) is 0 Å². The van der Waals surface area contributed by atoms with Crippen LogP contribution < -0.4 is 5.32 Å². The zero-order valence-electron chi connectivity index (χ0n) is 12.4. The fraction of sp³-hybridized carbons (Fsp3) is 1.00. The van der Waals surface area contributed by atoms with Gasteiger partial charge in [0.1, 0.15) is 0 Å². The minimum atomic E-state index is 0.714. The van der Waals surface area contributed by atoms with Crippen molar-refractivity contribution >= 4 is 11.8 Å². The lowest BCUT2D eigenvalue weighted by molar-refractivity contribution is 0.0653. The fourth-order valence-electron chi connectivity index (χ4n) is 3.91. The van der Waals surface area contributed by atoms with E-state index < -0.39 is 0 Å². The maximum atomic E-state index is 3.94. The van der Waals surface area contributed by atoms with Crippen molar-refractivity contribution in [2.24, 2.45) is 5.92 Å². The molecule has 3 fully saturated rings. The molecule has 3 heteroatoms. The number of piperidine rings is 1. The van der Waals surface area contributed by atoms with Gasteiger partial charge in [0, 0.05) is 30.4 Å². The molecule has 2 heterocycles. The van der Waals surface area contributed by atoms with E-state index in [4.69, 9.17) is 0 Å². The number of nitrogens with zero attached hydrogens (tertiary/aromatic N) is 1. The molecule has 0 bridgehead atoms. The standard InChI is InChI=1S/C16H30N2S/c1-13(17-15-6-4-10-19-12-15)14-5-3-9-18(11-14)16-7-2-8-16/h13-17H,2-12H2,1H3/t13-,14-,15+/m0/s1. The molecule has 3 rings (SSSR count). The first-order chi connectivity index (χ1) is 9.33. The summed E-state index contributed by atoms with van der Waals surface area (Å²) >= 11 is 2.14. The third-order valence-corrected chi connectivity index (χ3v) is 6.66. The van der Waals surface area contributed by atoms with Gasteiger partial charge < -0.3 is 10.2 Å². The Morgan fingerprint density at radius 2 is 2.00 bits per heavy atom. The lowest BCUT2D eigenvalue weighted by Crippen LogP contribution is -2.52. The fourth-order valence-corrected chi connectivity index (χ4v) is 5.00. The van der Waals surface area contributed by atoms with Crippen LogP contribution in [0.25, 0.3) is 0 Å². The molecule has 1 saturated carbocycles. The quantitative estimate of drug-likeness (QED) is 0.853. The summed E-state index contributed by atoms with van der Waals surface area (Å²) in [7, 11) is 0. The van der Waals surface area contributed by atoms with Crippen LogP contribution in [0.4, 0.5) is 0 Å². The van der Waals surface area contributed by atoms with Gasteiger partial charge in [0.2, 0.25) is 0 Å². The Morgan fingerprint density at radius 3 is 2.68 bits per heavy atom. The average molecular weight is 282 g/mol. The van der Waals surface area contributed by atoms with Gasteiger partial charge in [-0.1, -0.05) is 6.42 Å². The van der Waals surface area contributed by atoms with Crippen LogP contribution in [-0.4, -0.2) is 47.6 Å². The molecule has 0 radical (unpaired) electrons. The second-order valence-electron chi connectivity index (χ2n) is 6.85. The molecule has 0 aromatic carbocycles. The van der Waals surface area contributed by atoms with E-state index in [0.717, 1.165) is 18.0 Å². The predicted octanol–water partition coefficient (Wildman–Crippen LogP) is 3.12. The first-order valence-electron chi connectivity index (χ1n) is 8.41. The van der Waals surface area contributed by atoms with E-state index in [9.17, 15) is 0 Å². The normalized spacial score (nSPS) is 35.8. The Hall–Kier alpha value is 0.270. The van der Waals surface area contributed by atoms with Gasteiger partial charge in [-0.2, -0.15) is 11.8 Å². The Bertz CT molecular complexity index is 274. The molecule has 0 aromatic heterocycles. The van der Waals surface area contributed by atoms with Gasteiger partial charge in [0.05, 0.1) is 0 Å². The van der Waals surface area contributed by atoms with Gasteiger partial charge in [-0.25, -0.2) is 0 Å². The Balaban J connectivity index is 1.46. The molecule has 0 aromatic rings. The van der Waals surface area contributed by atoms with E-state index in [1.54, 1.807) is 0 Å². The Labute approximate surface area is 123 Å². The lowest BCUT2D eigenvalue weighted by Gasteiger charge is -2.44. The third kappa shape index (κ3) is 3.68. The Kier molecular flexibility index (Phi) is 5.10. The highest BCUT2D eigenvalue weighted by atomic mass is 32.2. The molecule has 0 spiro atoms. The average Bonchev–Trinajstić information content (AvgIpc) is 2.38. The summed E-state index contributed by atoms with van der Waals surface area (Å²) in [4.78, 5) is 2.80. The highest BCUT2D eigenvalue weighted by molar-refractivity contribution is 7.99. The number of nitrogens with one attached hydrogen (secondary N) is 1. The molecule has 1 N–H and O–H groups in total. The van der Waals surface area contributed by atoms with E-state index in [0.29, 0.717) is 6.04 Å². The molecule has 3 aliphatic rings. The summed E-state index contributed by atoms with van der Waals surface area (Å²) in [5.74, 6) is 3.61. The highest BCUT2D eigenvalue weighted by Crippen LogP contribution is 2.30.